The number of carbonyl (C=O) groups is 1. The normalized spacial score (nSPS) is 23.5. The Morgan fingerprint density at radius 2 is 1.93 bits per heavy atom. The van der Waals surface area contributed by atoms with Crippen LogP contribution < -0.4 is 4.74 Å². The highest BCUT2D eigenvalue weighted by atomic mass is 32.2. The van der Waals surface area contributed by atoms with Gasteiger partial charge in [-0.25, -0.2) is 8.42 Å². The predicted molar refractivity (Wildman–Crippen MR) is 101 cm³/mol. The second kappa shape index (κ2) is 8.49. The molecule has 8 nitrogen and oxygen atoms in total. The summed E-state index contributed by atoms with van der Waals surface area (Å²) in [5, 5.41) is 19.0. The summed E-state index contributed by atoms with van der Waals surface area (Å²) in [5.74, 6) is 4.42. The van der Waals surface area contributed by atoms with Crippen LogP contribution in [0.3, 0.4) is 0 Å². The highest BCUT2D eigenvalue weighted by Crippen LogP contribution is 2.27. The molecule has 0 saturated carbocycles. The molecule has 3 unspecified atom stereocenters. The third-order valence-corrected chi connectivity index (χ3v) is 5.89. The molecule has 9 heteroatoms. The van der Waals surface area contributed by atoms with Gasteiger partial charge in [-0.05, 0) is 52.0 Å². The number of hydrogen-bond acceptors (Lipinski definition) is 6. The Bertz CT molecular complexity index is 862. The molecule has 0 spiro atoms. The zero-order valence-electron chi connectivity index (χ0n) is 16.2. The van der Waals surface area contributed by atoms with E-state index < -0.39 is 39.8 Å². The van der Waals surface area contributed by atoms with Crippen LogP contribution in [0.1, 0.15) is 27.7 Å². The van der Waals surface area contributed by atoms with E-state index in [0.29, 0.717) is 5.75 Å². The molecule has 0 bridgehead atoms. The number of sulfonamides is 1. The minimum atomic E-state index is -4.03. The van der Waals surface area contributed by atoms with Gasteiger partial charge in [0.15, 0.2) is 0 Å². The monoisotopic (exact) mass is 411 g/mol. The second-order valence-electron chi connectivity index (χ2n) is 7.13. The molecule has 1 aromatic carbocycles. The number of hydrogen-bond donors (Lipinski definition) is 2. The maximum absolute atomic E-state index is 13.0. The Kier molecular flexibility index (Phi) is 6.72. The van der Waals surface area contributed by atoms with E-state index in [1.54, 1.807) is 27.7 Å². The molecule has 3 atom stereocenters. The van der Waals surface area contributed by atoms with Crippen LogP contribution in [0.25, 0.3) is 0 Å². The lowest BCUT2D eigenvalue weighted by Gasteiger charge is -2.39. The van der Waals surface area contributed by atoms with Crippen molar-refractivity contribution in [3.05, 3.63) is 24.3 Å². The van der Waals surface area contributed by atoms with E-state index >= 15 is 0 Å². The lowest BCUT2D eigenvalue weighted by molar-refractivity contribution is -0.155. The Labute approximate surface area is 165 Å². The van der Waals surface area contributed by atoms with Gasteiger partial charge in [0, 0.05) is 6.54 Å². The van der Waals surface area contributed by atoms with Crippen molar-refractivity contribution in [3.63, 3.8) is 0 Å². The van der Waals surface area contributed by atoms with Crippen LogP contribution in [-0.2, 0) is 19.6 Å². The number of ether oxygens (including phenoxy) is 2. The topological polar surface area (TPSA) is 113 Å². The van der Waals surface area contributed by atoms with Crippen LogP contribution in [0.4, 0.5) is 0 Å². The van der Waals surface area contributed by atoms with Crippen LogP contribution in [0.15, 0.2) is 29.2 Å². The summed E-state index contributed by atoms with van der Waals surface area (Å²) < 4.78 is 37.8. The summed E-state index contributed by atoms with van der Waals surface area (Å²) >= 11 is 0. The number of aliphatic hydroxyl groups is 1. The fourth-order valence-corrected chi connectivity index (χ4v) is 4.59. The van der Waals surface area contributed by atoms with E-state index in [2.05, 4.69) is 11.8 Å². The van der Waals surface area contributed by atoms with E-state index in [0.717, 1.165) is 4.31 Å². The third kappa shape index (κ3) is 5.45. The average molecular weight is 411 g/mol. The maximum atomic E-state index is 13.0. The Hall–Kier alpha value is -2.12. The predicted octanol–water partition coefficient (Wildman–Crippen LogP) is 1.09. The van der Waals surface area contributed by atoms with Crippen LogP contribution in [0.2, 0.25) is 0 Å². The van der Waals surface area contributed by atoms with Gasteiger partial charge in [0.2, 0.25) is 10.0 Å². The molecule has 2 rings (SSSR count). The number of carboxylic acid groups (broad SMARTS) is 1. The largest absolute Gasteiger partial charge is 0.481 e. The third-order valence-electron chi connectivity index (χ3n) is 4.03. The van der Waals surface area contributed by atoms with E-state index in [1.807, 2.05) is 0 Å². The quantitative estimate of drug-likeness (QED) is 0.697. The Morgan fingerprint density at radius 1 is 1.32 bits per heavy atom. The van der Waals surface area contributed by atoms with Crippen LogP contribution in [0.5, 0.6) is 5.75 Å². The van der Waals surface area contributed by atoms with Crippen LogP contribution >= 0.6 is 0 Å². The van der Waals surface area contributed by atoms with Crippen molar-refractivity contribution in [1.29, 1.82) is 0 Å². The molecule has 1 aliphatic rings. The number of aliphatic carboxylic acids is 1. The summed E-state index contributed by atoms with van der Waals surface area (Å²) in [6.45, 7) is 6.34. The molecule has 2 N–H and O–H groups in total. The van der Waals surface area contributed by atoms with E-state index in [1.165, 1.54) is 24.3 Å². The molecule has 28 heavy (non-hydrogen) atoms. The molecule has 1 saturated heterocycles. The molecular formula is C19H25NO7S. The second-order valence-corrected chi connectivity index (χ2v) is 9.02. The van der Waals surface area contributed by atoms with Crippen molar-refractivity contribution < 1.29 is 32.9 Å². The lowest BCUT2D eigenvalue weighted by Crippen LogP contribution is -2.58. The summed E-state index contributed by atoms with van der Waals surface area (Å²) in [7, 11) is -4.03. The van der Waals surface area contributed by atoms with E-state index in [9.17, 15) is 23.4 Å². The molecule has 0 radical (unpaired) electrons. The molecule has 1 heterocycles. The van der Waals surface area contributed by atoms with Gasteiger partial charge in [0.1, 0.15) is 24.0 Å². The minimum Gasteiger partial charge on any atom is -0.481 e. The van der Waals surface area contributed by atoms with Crippen molar-refractivity contribution in [1.82, 2.24) is 4.31 Å². The standard InChI is InChI=1S/C19H25NO7S/c1-13-12-20(17(18(21)22)14(2)27-13)28(24,25)16-8-6-15(7-9-16)26-11-5-10-19(3,4)23/h6-9,13-14,17,23H,11-12H2,1-4H3,(H,21,22). The van der Waals surface area contributed by atoms with Crippen molar-refractivity contribution in [3.8, 4) is 17.6 Å². The van der Waals surface area contributed by atoms with Gasteiger partial charge in [0.05, 0.1) is 17.1 Å². The molecule has 0 amide bonds. The zero-order valence-corrected chi connectivity index (χ0v) is 17.1. The van der Waals surface area contributed by atoms with E-state index in [-0.39, 0.29) is 18.0 Å². The zero-order chi connectivity index (χ0) is 21.1. The first-order valence-electron chi connectivity index (χ1n) is 8.77. The van der Waals surface area contributed by atoms with Gasteiger partial charge in [-0.15, -0.1) is 0 Å². The fraction of sp³-hybridized carbons (Fsp3) is 0.526. The number of benzene rings is 1. The highest BCUT2D eigenvalue weighted by Gasteiger charge is 2.44. The first-order valence-corrected chi connectivity index (χ1v) is 10.2. The number of rotatable bonds is 5. The van der Waals surface area contributed by atoms with Gasteiger partial charge in [-0.1, -0.05) is 11.8 Å². The van der Waals surface area contributed by atoms with Crippen LogP contribution in [0, 0.1) is 11.8 Å². The molecule has 154 valence electrons. The van der Waals surface area contributed by atoms with E-state index in [4.69, 9.17) is 9.47 Å². The maximum Gasteiger partial charge on any atom is 0.324 e. The minimum absolute atomic E-state index is 0.0324. The van der Waals surface area contributed by atoms with Gasteiger partial charge in [-0.2, -0.15) is 4.31 Å². The smallest absolute Gasteiger partial charge is 0.324 e. The Balaban J connectivity index is 2.18. The molecule has 1 aromatic rings. The fourth-order valence-electron chi connectivity index (χ4n) is 2.87. The number of carboxylic acids is 1. The van der Waals surface area contributed by atoms with Crippen LogP contribution in [-0.4, -0.2) is 65.9 Å². The van der Waals surface area contributed by atoms with Crippen molar-refractivity contribution in [2.75, 3.05) is 13.2 Å². The summed E-state index contributed by atoms with van der Waals surface area (Å²) in [4.78, 5) is 11.6. The van der Waals surface area contributed by atoms with Crippen molar-refractivity contribution in [2.24, 2.45) is 0 Å². The molecule has 1 aliphatic heterocycles. The molecule has 0 aromatic heterocycles. The summed E-state index contributed by atoms with van der Waals surface area (Å²) in [6, 6.07) is 4.37. The lowest BCUT2D eigenvalue weighted by atomic mass is 10.1. The SMILES string of the molecule is CC1CN(S(=O)(=O)c2ccc(OCC#CC(C)(C)O)cc2)C(C(=O)O)C(C)O1. The molecule has 1 fully saturated rings. The average Bonchev–Trinajstić information content (AvgIpc) is 2.57. The van der Waals surface area contributed by atoms with Gasteiger partial charge in [0.25, 0.3) is 0 Å². The number of morpholine rings is 1. The molecule has 0 aliphatic carbocycles. The summed E-state index contributed by atoms with van der Waals surface area (Å²) in [6.07, 6.45) is -1.19. The van der Waals surface area contributed by atoms with Gasteiger partial charge >= 0.3 is 5.97 Å². The highest BCUT2D eigenvalue weighted by molar-refractivity contribution is 7.89. The van der Waals surface area contributed by atoms with Gasteiger partial charge in [-0.3, -0.25) is 4.79 Å². The van der Waals surface area contributed by atoms with Crippen molar-refractivity contribution >= 4 is 16.0 Å². The Morgan fingerprint density at radius 3 is 2.46 bits per heavy atom. The number of nitrogens with zero attached hydrogens (tertiary/aromatic N) is 1. The van der Waals surface area contributed by atoms with Gasteiger partial charge < -0.3 is 19.7 Å². The first-order chi connectivity index (χ1) is 12.9. The van der Waals surface area contributed by atoms with Crippen molar-refractivity contribution in [2.45, 2.75) is 56.4 Å². The molecular weight excluding hydrogens is 386 g/mol. The summed E-state index contributed by atoms with van der Waals surface area (Å²) in [5.41, 5.74) is -1.12. The first kappa shape index (κ1) is 22.2.